The Hall–Kier alpha value is -2.97. The molecule has 0 aliphatic rings. The molecule has 0 bridgehead atoms. The summed E-state index contributed by atoms with van der Waals surface area (Å²) in [7, 11) is 1.46. The van der Waals surface area contributed by atoms with Crippen LogP contribution in [-0.2, 0) is 0 Å². The van der Waals surface area contributed by atoms with Crippen LogP contribution in [0.25, 0.3) is 22.8 Å². The third-order valence-corrected chi connectivity index (χ3v) is 3.02. The van der Waals surface area contributed by atoms with Gasteiger partial charge in [-0.25, -0.2) is 4.98 Å². The Kier molecular flexibility index (Phi) is 3.45. The summed E-state index contributed by atoms with van der Waals surface area (Å²) in [4.78, 5) is 12.3. The summed E-state index contributed by atoms with van der Waals surface area (Å²) < 4.78 is 15.2. The van der Waals surface area contributed by atoms with Crippen LogP contribution in [0.1, 0.15) is 25.5 Å². The SMILES string of the molecule is COc1ncc(-c2noc(-c3conc3C(C)C)n2)c(N)n1. The average molecular weight is 302 g/mol. The standard InChI is InChI=1S/C13H14N6O3/c1-6(2)9-8(5-21-18-9)12-17-11(19-22-12)7-4-15-13(20-3)16-10(7)14/h4-6H,1-3H3,(H2,14,15,16). The summed E-state index contributed by atoms with van der Waals surface area (Å²) in [6.45, 7) is 3.99. The van der Waals surface area contributed by atoms with E-state index in [9.17, 15) is 0 Å². The molecule has 114 valence electrons. The number of aromatic nitrogens is 5. The third-order valence-electron chi connectivity index (χ3n) is 3.02. The first-order chi connectivity index (χ1) is 10.6. The lowest BCUT2D eigenvalue weighted by Gasteiger charge is -2.01. The van der Waals surface area contributed by atoms with E-state index in [1.807, 2.05) is 13.8 Å². The van der Waals surface area contributed by atoms with Crippen molar-refractivity contribution in [1.82, 2.24) is 25.3 Å². The first kappa shape index (κ1) is 14.0. The van der Waals surface area contributed by atoms with Crippen molar-refractivity contribution in [2.24, 2.45) is 0 Å². The van der Waals surface area contributed by atoms with E-state index in [0.29, 0.717) is 17.0 Å². The maximum Gasteiger partial charge on any atom is 0.318 e. The summed E-state index contributed by atoms with van der Waals surface area (Å²) in [6, 6.07) is 0.172. The van der Waals surface area contributed by atoms with Crippen LogP contribution >= 0.6 is 0 Å². The molecule has 0 aromatic carbocycles. The fourth-order valence-electron chi connectivity index (χ4n) is 1.91. The average Bonchev–Trinajstić information content (AvgIpc) is 3.15. The van der Waals surface area contributed by atoms with Gasteiger partial charge in [0.25, 0.3) is 5.89 Å². The number of nitrogen functional groups attached to an aromatic ring is 1. The largest absolute Gasteiger partial charge is 0.467 e. The molecule has 0 radical (unpaired) electrons. The number of ether oxygens (including phenoxy) is 1. The molecule has 3 rings (SSSR count). The molecule has 0 saturated heterocycles. The van der Waals surface area contributed by atoms with Gasteiger partial charge in [0.2, 0.25) is 5.82 Å². The highest BCUT2D eigenvalue weighted by atomic mass is 16.5. The molecule has 0 saturated carbocycles. The Labute approximate surface area is 125 Å². The predicted molar refractivity (Wildman–Crippen MR) is 75.9 cm³/mol. The van der Waals surface area contributed by atoms with E-state index in [-0.39, 0.29) is 23.6 Å². The van der Waals surface area contributed by atoms with Gasteiger partial charge >= 0.3 is 6.01 Å². The van der Waals surface area contributed by atoms with E-state index in [4.69, 9.17) is 19.5 Å². The zero-order valence-corrected chi connectivity index (χ0v) is 12.3. The van der Waals surface area contributed by atoms with Crippen LogP contribution in [0.5, 0.6) is 6.01 Å². The van der Waals surface area contributed by atoms with E-state index in [0.717, 1.165) is 5.69 Å². The van der Waals surface area contributed by atoms with Crippen LogP contribution in [0.3, 0.4) is 0 Å². The summed E-state index contributed by atoms with van der Waals surface area (Å²) in [5, 5.41) is 7.85. The molecule has 22 heavy (non-hydrogen) atoms. The number of rotatable bonds is 4. The Balaban J connectivity index is 1.99. The molecule has 0 amide bonds. The smallest absolute Gasteiger partial charge is 0.318 e. The molecule has 9 nitrogen and oxygen atoms in total. The first-order valence-electron chi connectivity index (χ1n) is 6.55. The maximum atomic E-state index is 5.85. The number of hydrogen-bond acceptors (Lipinski definition) is 9. The Morgan fingerprint density at radius 2 is 2.00 bits per heavy atom. The van der Waals surface area contributed by atoms with Gasteiger partial charge in [-0.05, 0) is 5.92 Å². The fourth-order valence-corrected chi connectivity index (χ4v) is 1.91. The van der Waals surface area contributed by atoms with E-state index in [1.165, 1.54) is 19.6 Å². The van der Waals surface area contributed by atoms with E-state index in [2.05, 4.69) is 25.3 Å². The summed E-state index contributed by atoms with van der Waals surface area (Å²) >= 11 is 0. The minimum atomic E-state index is 0.165. The maximum absolute atomic E-state index is 5.85. The van der Waals surface area contributed by atoms with E-state index >= 15 is 0 Å². The Morgan fingerprint density at radius 1 is 1.18 bits per heavy atom. The second-order valence-corrected chi connectivity index (χ2v) is 4.85. The fraction of sp³-hybridized carbons (Fsp3) is 0.308. The van der Waals surface area contributed by atoms with Crippen molar-refractivity contribution >= 4 is 5.82 Å². The molecule has 0 unspecified atom stereocenters. The minimum absolute atomic E-state index is 0.165. The zero-order chi connectivity index (χ0) is 15.7. The van der Waals surface area contributed by atoms with E-state index < -0.39 is 0 Å². The molecule has 0 aliphatic heterocycles. The number of methoxy groups -OCH3 is 1. The lowest BCUT2D eigenvalue weighted by molar-refractivity contribution is 0.380. The molecule has 3 heterocycles. The van der Waals surface area contributed by atoms with E-state index in [1.54, 1.807) is 0 Å². The van der Waals surface area contributed by atoms with Crippen LogP contribution in [0.4, 0.5) is 5.82 Å². The number of hydrogen-bond donors (Lipinski definition) is 1. The van der Waals surface area contributed by atoms with Crippen LogP contribution in [0.15, 0.2) is 21.5 Å². The predicted octanol–water partition coefficient (Wildman–Crippen LogP) is 1.90. The van der Waals surface area contributed by atoms with Crippen molar-refractivity contribution in [3.8, 4) is 28.9 Å². The van der Waals surface area contributed by atoms with Gasteiger partial charge in [0.05, 0.1) is 18.4 Å². The van der Waals surface area contributed by atoms with Crippen molar-refractivity contribution in [2.75, 3.05) is 12.8 Å². The number of anilines is 1. The molecule has 0 fully saturated rings. The monoisotopic (exact) mass is 302 g/mol. The quantitative estimate of drug-likeness (QED) is 0.768. The lowest BCUT2D eigenvalue weighted by Crippen LogP contribution is -2.00. The van der Waals surface area contributed by atoms with Gasteiger partial charge in [-0.15, -0.1) is 0 Å². The Morgan fingerprint density at radius 3 is 2.68 bits per heavy atom. The molecule has 9 heteroatoms. The van der Waals surface area contributed by atoms with Crippen LogP contribution in [0, 0.1) is 0 Å². The molecule has 0 spiro atoms. The first-order valence-corrected chi connectivity index (χ1v) is 6.55. The van der Waals surface area contributed by atoms with Crippen molar-refractivity contribution in [3.63, 3.8) is 0 Å². The molecule has 0 atom stereocenters. The summed E-state index contributed by atoms with van der Waals surface area (Å²) in [5.41, 5.74) is 7.71. The topological polar surface area (TPSA) is 126 Å². The molecular weight excluding hydrogens is 288 g/mol. The van der Waals surface area contributed by atoms with Gasteiger partial charge in [0, 0.05) is 6.20 Å². The van der Waals surface area contributed by atoms with Gasteiger partial charge in [-0.2, -0.15) is 9.97 Å². The molecular formula is C13H14N6O3. The van der Waals surface area contributed by atoms with Gasteiger partial charge in [0.15, 0.2) is 0 Å². The minimum Gasteiger partial charge on any atom is -0.467 e. The molecule has 2 N–H and O–H groups in total. The summed E-state index contributed by atoms with van der Waals surface area (Å²) in [5.74, 6) is 0.952. The lowest BCUT2D eigenvalue weighted by atomic mass is 10.1. The third kappa shape index (κ3) is 2.36. The van der Waals surface area contributed by atoms with Gasteiger partial charge in [-0.3, -0.25) is 0 Å². The van der Waals surface area contributed by atoms with Gasteiger partial charge in [0.1, 0.15) is 17.6 Å². The summed E-state index contributed by atoms with van der Waals surface area (Å²) in [6.07, 6.45) is 2.95. The van der Waals surface area contributed by atoms with Crippen molar-refractivity contribution in [2.45, 2.75) is 19.8 Å². The highest BCUT2D eigenvalue weighted by Crippen LogP contribution is 2.29. The zero-order valence-electron chi connectivity index (χ0n) is 12.3. The van der Waals surface area contributed by atoms with Crippen LogP contribution in [-0.4, -0.2) is 32.4 Å². The highest BCUT2D eigenvalue weighted by Gasteiger charge is 2.21. The second-order valence-electron chi connectivity index (χ2n) is 4.85. The normalized spacial score (nSPS) is 11.1. The number of nitrogens with zero attached hydrogens (tertiary/aromatic N) is 5. The molecule has 3 aromatic heterocycles. The van der Waals surface area contributed by atoms with Gasteiger partial charge in [-0.1, -0.05) is 24.2 Å². The van der Waals surface area contributed by atoms with Gasteiger partial charge < -0.3 is 19.5 Å². The second kappa shape index (κ2) is 5.43. The molecule has 3 aromatic rings. The van der Waals surface area contributed by atoms with Crippen molar-refractivity contribution in [3.05, 3.63) is 18.2 Å². The highest BCUT2D eigenvalue weighted by molar-refractivity contribution is 5.68. The van der Waals surface area contributed by atoms with Crippen LogP contribution < -0.4 is 10.5 Å². The molecule has 0 aliphatic carbocycles. The van der Waals surface area contributed by atoms with Crippen LogP contribution in [0.2, 0.25) is 0 Å². The Bertz CT molecular complexity index is 795. The van der Waals surface area contributed by atoms with Crippen molar-refractivity contribution in [1.29, 1.82) is 0 Å². The number of nitrogens with two attached hydrogens (primary N) is 1. The van der Waals surface area contributed by atoms with Crippen molar-refractivity contribution < 1.29 is 13.8 Å².